The van der Waals surface area contributed by atoms with Crippen LogP contribution >= 0.6 is 27.5 Å². The van der Waals surface area contributed by atoms with Crippen molar-refractivity contribution in [1.29, 1.82) is 0 Å². The molecule has 2 heterocycles. The number of halogens is 2. The lowest BCUT2D eigenvalue weighted by Gasteiger charge is -1.99. The molecule has 0 saturated heterocycles. The molecule has 0 fully saturated rings. The number of hydrogen-bond donors (Lipinski definition) is 1. The maximum Gasteiger partial charge on any atom is 0.257 e. The summed E-state index contributed by atoms with van der Waals surface area (Å²) in [5.74, 6) is 0. The number of nitrogens with one attached hydrogen (secondary N) is 1. The molecule has 0 bridgehead atoms. The van der Waals surface area contributed by atoms with E-state index in [0.29, 0.717) is 15.0 Å². The summed E-state index contributed by atoms with van der Waals surface area (Å²) in [5, 5.41) is 1.54. The summed E-state index contributed by atoms with van der Waals surface area (Å²) in [6, 6.07) is 1.75. The van der Waals surface area contributed by atoms with Gasteiger partial charge in [0, 0.05) is 17.8 Å². The van der Waals surface area contributed by atoms with Crippen LogP contribution < -0.4 is 5.56 Å². The normalized spacial score (nSPS) is 10.6. The van der Waals surface area contributed by atoms with Crippen molar-refractivity contribution in [2.45, 2.75) is 0 Å². The molecule has 0 spiro atoms. The van der Waals surface area contributed by atoms with Gasteiger partial charge in [0.2, 0.25) is 0 Å². The smallest absolute Gasteiger partial charge is 0.257 e. The van der Waals surface area contributed by atoms with Gasteiger partial charge in [-0.15, -0.1) is 0 Å². The van der Waals surface area contributed by atoms with E-state index in [0.717, 1.165) is 5.39 Å². The van der Waals surface area contributed by atoms with E-state index in [9.17, 15) is 4.79 Å². The molecule has 0 aliphatic carbocycles. The van der Waals surface area contributed by atoms with E-state index in [2.05, 4.69) is 25.9 Å². The fraction of sp³-hybridized carbons (Fsp3) is 0. The number of rotatable bonds is 0. The Morgan fingerprint density at radius 3 is 3.00 bits per heavy atom. The van der Waals surface area contributed by atoms with Crippen LogP contribution in [-0.4, -0.2) is 9.97 Å². The fourth-order valence-corrected chi connectivity index (χ4v) is 1.80. The highest BCUT2D eigenvalue weighted by atomic mass is 79.9. The SMILES string of the molecule is O=c1[nH]ccc2c(Br)ncc(Cl)c12. The van der Waals surface area contributed by atoms with Crippen molar-refractivity contribution in [2.24, 2.45) is 0 Å². The van der Waals surface area contributed by atoms with Gasteiger partial charge in [0.15, 0.2) is 0 Å². The van der Waals surface area contributed by atoms with Crippen molar-refractivity contribution in [3.63, 3.8) is 0 Å². The molecular formula is C8H4BrClN2O. The molecule has 13 heavy (non-hydrogen) atoms. The van der Waals surface area contributed by atoms with Crippen molar-refractivity contribution in [1.82, 2.24) is 9.97 Å². The van der Waals surface area contributed by atoms with Crippen LogP contribution in [0.4, 0.5) is 0 Å². The predicted octanol–water partition coefficient (Wildman–Crippen LogP) is 2.34. The molecule has 5 heteroatoms. The molecule has 2 aromatic heterocycles. The summed E-state index contributed by atoms with van der Waals surface area (Å²) in [7, 11) is 0. The van der Waals surface area contributed by atoms with E-state index in [4.69, 9.17) is 11.6 Å². The quantitative estimate of drug-likeness (QED) is 0.738. The number of H-pyrrole nitrogens is 1. The van der Waals surface area contributed by atoms with Crippen molar-refractivity contribution in [3.8, 4) is 0 Å². The summed E-state index contributed by atoms with van der Waals surface area (Å²) in [4.78, 5) is 17.9. The lowest BCUT2D eigenvalue weighted by atomic mass is 10.2. The average molecular weight is 259 g/mol. The zero-order valence-electron chi connectivity index (χ0n) is 6.34. The largest absolute Gasteiger partial charge is 0.329 e. The van der Waals surface area contributed by atoms with E-state index in [1.54, 1.807) is 12.3 Å². The molecule has 0 aromatic carbocycles. The van der Waals surface area contributed by atoms with Gasteiger partial charge < -0.3 is 4.98 Å². The van der Waals surface area contributed by atoms with Crippen LogP contribution in [0.25, 0.3) is 10.8 Å². The lowest BCUT2D eigenvalue weighted by molar-refractivity contribution is 1.25. The van der Waals surface area contributed by atoms with Crippen LogP contribution in [0.15, 0.2) is 27.9 Å². The van der Waals surface area contributed by atoms with Gasteiger partial charge in [-0.1, -0.05) is 11.6 Å². The van der Waals surface area contributed by atoms with E-state index in [1.165, 1.54) is 6.20 Å². The zero-order chi connectivity index (χ0) is 9.42. The number of fused-ring (bicyclic) bond motifs is 1. The second-order valence-corrected chi connectivity index (χ2v) is 3.65. The molecule has 3 nitrogen and oxygen atoms in total. The van der Waals surface area contributed by atoms with E-state index in [1.807, 2.05) is 0 Å². The Morgan fingerprint density at radius 1 is 1.54 bits per heavy atom. The van der Waals surface area contributed by atoms with Crippen LogP contribution in [0, 0.1) is 0 Å². The number of aromatic amines is 1. The summed E-state index contributed by atoms with van der Waals surface area (Å²) >= 11 is 9.07. The van der Waals surface area contributed by atoms with Crippen molar-refractivity contribution in [2.75, 3.05) is 0 Å². The molecule has 0 aliphatic rings. The Labute approximate surface area is 86.9 Å². The minimum Gasteiger partial charge on any atom is -0.329 e. The third kappa shape index (κ3) is 1.36. The molecule has 0 unspecified atom stereocenters. The molecule has 2 aromatic rings. The minimum atomic E-state index is -0.203. The van der Waals surface area contributed by atoms with Gasteiger partial charge in [-0.3, -0.25) is 4.79 Å². The topological polar surface area (TPSA) is 45.8 Å². The van der Waals surface area contributed by atoms with Gasteiger partial charge >= 0.3 is 0 Å². The van der Waals surface area contributed by atoms with Crippen LogP contribution in [0.1, 0.15) is 0 Å². The van der Waals surface area contributed by atoms with Crippen molar-refractivity contribution in [3.05, 3.63) is 38.4 Å². The van der Waals surface area contributed by atoms with Crippen LogP contribution in [0.5, 0.6) is 0 Å². The molecule has 0 amide bonds. The molecule has 2 rings (SSSR count). The van der Waals surface area contributed by atoms with E-state index >= 15 is 0 Å². The standard InChI is InChI=1S/C8H4BrClN2O/c9-7-4-1-2-11-8(13)6(4)5(10)3-12-7/h1-3H,(H,11,13). The first-order chi connectivity index (χ1) is 6.20. The molecule has 1 N–H and O–H groups in total. The predicted molar refractivity (Wildman–Crippen MR) is 55.1 cm³/mol. The molecule has 0 saturated carbocycles. The lowest BCUT2D eigenvalue weighted by Crippen LogP contribution is -2.05. The van der Waals surface area contributed by atoms with Gasteiger partial charge in [0.1, 0.15) is 4.60 Å². The Kier molecular flexibility index (Phi) is 2.09. The first kappa shape index (κ1) is 8.72. The van der Waals surface area contributed by atoms with E-state index in [-0.39, 0.29) is 5.56 Å². The Hall–Kier alpha value is -0.870. The average Bonchev–Trinajstić information content (AvgIpc) is 2.12. The molecule has 0 atom stereocenters. The van der Waals surface area contributed by atoms with Gasteiger partial charge in [-0.05, 0) is 22.0 Å². The van der Waals surface area contributed by atoms with Gasteiger partial charge in [0.25, 0.3) is 5.56 Å². The highest BCUT2D eigenvalue weighted by Gasteiger charge is 2.06. The number of aromatic nitrogens is 2. The van der Waals surface area contributed by atoms with Crippen LogP contribution in [0.2, 0.25) is 5.02 Å². The highest BCUT2D eigenvalue weighted by Crippen LogP contribution is 2.24. The minimum absolute atomic E-state index is 0.203. The maximum absolute atomic E-state index is 11.4. The Balaban J connectivity index is 3.09. The third-order valence-electron chi connectivity index (χ3n) is 1.71. The molecular weight excluding hydrogens is 255 g/mol. The second kappa shape index (κ2) is 3.12. The summed E-state index contributed by atoms with van der Waals surface area (Å²) in [6.45, 7) is 0. The second-order valence-electron chi connectivity index (χ2n) is 2.49. The van der Waals surface area contributed by atoms with Gasteiger partial charge in [-0.25, -0.2) is 4.98 Å². The number of hydrogen-bond acceptors (Lipinski definition) is 2. The number of pyridine rings is 2. The number of nitrogens with zero attached hydrogens (tertiary/aromatic N) is 1. The molecule has 0 radical (unpaired) electrons. The molecule has 0 aliphatic heterocycles. The summed E-state index contributed by atoms with van der Waals surface area (Å²) < 4.78 is 0.623. The first-order valence-electron chi connectivity index (χ1n) is 3.51. The van der Waals surface area contributed by atoms with E-state index < -0.39 is 0 Å². The van der Waals surface area contributed by atoms with Gasteiger partial charge in [-0.2, -0.15) is 0 Å². The summed E-state index contributed by atoms with van der Waals surface area (Å²) in [5.41, 5.74) is -0.203. The monoisotopic (exact) mass is 258 g/mol. The van der Waals surface area contributed by atoms with Crippen LogP contribution in [-0.2, 0) is 0 Å². The zero-order valence-corrected chi connectivity index (χ0v) is 8.69. The maximum atomic E-state index is 11.4. The van der Waals surface area contributed by atoms with Crippen molar-refractivity contribution < 1.29 is 0 Å². The third-order valence-corrected chi connectivity index (χ3v) is 2.63. The first-order valence-corrected chi connectivity index (χ1v) is 4.68. The highest BCUT2D eigenvalue weighted by molar-refractivity contribution is 9.10. The molecule has 66 valence electrons. The fourth-order valence-electron chi connectivity index (χ4n) is 1.13. The Bertz CT molecular complexity index is 523. The summed E-state index contributed by atoms with van der Waals surface area (Å²) in [6.07, 6.45) is 3.01. The van der Waals surface area contributed by atoms with Gasteiger partial charge in [0.05, 0.1) is 10.4 Å². The van der Waals surface area contributed by atoms with Crippen LogP contribution in [0.3, 0.4) is 0 Å². The van der Waals surface area contributed by atoms with Crippen molar-refractivity contribution >= 4 is 38.3 Å². The Morgan fingerprint density at radius 2 is 2.31 bits per heavy atom.